The average Bonchev–Trinajstić information content (AvgIpc) is 2.59. The Kier molecular flexibility index (Phi) is 4.72. The van der Waals surface area contributed by atoms with Crippen LogP contribution in [0.5, 0.6) is 0 Å². The molecule has 0 spiro atoms. The van der Waals surface area contributed by atoms with Crippen LogP contribution in [0.15, 0.2) is 18.2 Å². The van der Waals surface area contributed by atoms with E-state index in [2.05, 4.69) is 33.0 Å². The second-order valence-electron chi connectivity index (χ2n) is 7.29. The second kappa shape index (κ2) is 6.18. The lowest BCUT2D eigenvalue weighted by Gasteiger charge is -2.29. The van der Waals surface area contributed by atoms with Crippen LogP contribution in [0, 0.1) is 11.3 Å². The summed E-state index contributed by atoms with van der Waals surface area (Å²) in [5, 5.41) is 13.4. The molecule has 2 N–H and O–H groups in total. The van der Waals surface area contributed by atoms with E-state index in [9.17, 15) is 9.90 Å². The zero-order valence-electron chi connectivity index (χ0n) is 13.6. The van der Waals surface area contributed by atoms with Gasteiger partial charge >= 0.3 is 0 Å². The van der Waals surface area contributed by atoms with Crippen LogP contribution in [0.25, 0.3) is 0 Å². The van der Waals surface area contributed by atoms with Crippen LogP contribution in [0.1, 0.15) is 68.1 Å². The summed E-state index contributed by atoms with van der Waals surface area (Å²) in [7, 11) is 0. The topological polar surface area (TPSA) is 49.3 Å². The molecule has 2 unspecified atom stereocenters. The van der Waals surface area contributed by atoms with Crippen LogP contribution < -0.4 is 5.32 Å². The fraction of sp³-hybridized carbons (Fsp3) is 0.611. The number of aliphatic hydroxyl groups excluding tert-OH is 1. The van der Waals surface area contributed by atoms with Gasteiger partial charge in [0, 0.05) is 12.1 Å². The van der Waals surface area contributed by atoms with Crippen LogP contribution in [0.2, 0.25) is 0 Å². The molecule has 2 atom stereocenters. The highest BCUT2D eigenvalue weighted by Gasteiger charge is 2.24. The predicted octanol–water partition coefficient (Wildman–Crippen LogP) is 3.47. The molecule has 3 nitrogen and oxygen atoms in total. The van der Waals surface area contributed by atoms with Crippen molar-refractivity contribution in [3.63, 3.8) is 0 Å². The highest BCUT2D eigenvalue weighted by atomic mass is 16.3. The van der Waals surface area contributed by atoms with Crippen molar-refractivity contribution in [2.24, 2.45) is 11.3 Å². The quantitative estimate of drug-likeness (QED) is 0.895. The molecule has 0 aliphatic carbocycles. The average molecular weight is 289 g/mol. The van der Waals surface area contributed by atoms with Crippen LogP contribution in [0.4, 0.5) is 0 Å². The van der Waals surface area contributed by atoms with Crippen molar-refractivity contribution in [3.8, 4) is 0 Å². The van der Waals surface area contributed by atoms with E-state index in [1.807, 2.05) is 18.2 Å². The number of benzene rings is 1. The van der Waals surface area contributed by atoms with Crippen molar-refractivity contribution in [1.82, 2.24) is 5.32 Å². The normalized spacial score (nSPS) is 18.4. The van der Waals surface area contributed by atoms with E-state index in [-0.39, 0.29) is 11.3 Å². The molecule has 1 heterocycles. The maximum atomic E-state index is 12.1. The standard InChI is InChI=1S/C18H27NO2/c1-12(18(2,3)4)10-16(20)14-8-7-13-6-5-9-19-17(21)15(13)11-14/h7-8,11-12,16,20H,5-6,9-10H2,1-4H3,(H,19,21). The van der Waals surface area contributed by atoms with Gasteiger partial charge in [-0.2, -0.15) is 0 Å². The van der Waals surface area contributed by atoms with Crippen molar-refractivity contribution in [1.29, 1.82) is 0 Å². The summed E-state index contributed by atoms with van der Waals surface area (Å²) in [6, 6.07) is 5.84. The van der Waals surface area contributed by atoms with Crippen LogP contribution >= 0.6 is 0 Å². The maximum absolute atomic E-state index is 12.1. The van der Waals surface area contributed by atoms with Crippen LogP contribution in [-0.4, -0.2) is 17.6 Å². The SMILES string of the molecule is CC(CC(O)c1ccc2c(c1)C(=O)NCCC2)C(C)(C)C. The Morgan fingerprint density at radius 3 is 2.71 bits per heavy atom. The molecule has 0 aromatic heterocycles. The van der Waals surface area contributed by atoms with E-state index in [0.29, 0.717) is 12.3 Å². The Hall–Kier alpha value is -1.35. The highest BCUT2D eigenvalue weighted by Crippen LogP contribution is 2.33. The summed E-state index contributed by atoms with van der Waals surface area (Å²) in [5.74, 6) is 0.389. The smallest absolute Gasteiger partial charge is 0.251 e. The van der Waals surface area contributed by atoms with Gasteiger partial charge in [0.15, 0.2) is 0 Å². The van der Waals surface area contributed by atoms with Gasteiger partial charge in [0.1, 0.15) is 0 Å². The first-order chi connectivity index (χ1) is 9.79. The Balaban J connectivity index is 2.19. The third kappa shape index (κ3) is 3.85. The fourth-order valence-electron chi connectivity index (χ4n) is 2.63. The summed E-state index contributed by atoms with van der Waals surface area (Å²) in [5.41, 5.74) is 2.84. The third-order valence-electron chi connectivity index (χ3n) is 4.73. The lowest BCUT2D eigenvalue weighted by molar-refractivity contribution is 0.0954. The maximum Gasteiger partial charge on any atom is 0.251 e. The molecule has 21 heavy (non-hydrogen) atoms. The van der Waals surface area contributed by atoms with Gasteiger partial charge in [-0.25, -0.2) is 0 Å². The monoisotopic (exact) mass is 289 g/mol. The van der Waals surface area contributed by atoms with Crippen molar-refractivity contribution >= 4 is 5.91 Å². The van der Waals surface area contributed by atoms with E-state index < -0.39 is 6.10 Å². The minimum atomic E-state index is -0.513. The van der Waals surface area contributed by atoms with E-state index in [1.165, 1.54) is 0 Å². The zero-order chi connectivity index (χ0) is 15.6. The number of fused-ring (bicyclic) bond motifs is 1. The molecule has 3 heteroatoms. The van der Waals surface area contributed by atoms with E-state index in [1.54, 1.807) is 0 Å². The first-order valence-corrected chi connectivity index (χ1v) is 7.88. The Bertz CT molecular complexity index is 516. The number of aryl methyl sites for hydroxylation is 1. The van der Waals surface area contributed by atoms with Gasteiger partial charge in [-0.05, 0) is 47.8 Å². The molecule has 0 bridgehead atoms. The lowest BCUT2D eigenvalue weighted by atomic mass is 9.78. The number of nitrogens with one attached hydrogen (secondary N) is 1. The number of hydrogen-bond acceptors (Lipinski definition) is 2. The van der Waals surface area contributed by atoms with Gasteiger partial charge in [0.25, 0.3) is 5.91 Å². The van der Waals surface area contributed by atoms with E-state index >= 15 is 0 Å². The largest absolute Gasteiger partial charge is 0.388 e. The summed E-state index contributed by atoms with van der Waals surface area (Å²) < 4.78 is 0. The Morgan fingerprint density at radius 1 is 1.33 bits per heavy atom. The molecule has 0 fully saturated rings. The highest BCUT2D eigenvalue weighted by molar-refractivity contribution is 5.96. The van der Waals surface area contributed by atoms with Crippen molar-refractivity contribution < 1.29 is 9.90 Å². The number of hydrogen-bond donors (Lipinski definition) is 2. The molecule has 1 aliphatic heterocycles. The first kappa shape index (κ1) is 16.0. The number of carbonyl (C=O) groups excluding carboxylic acids is 1. The third-order valence-corrected chi connectivity index (χ3v) is 4.73. The summed E-state index contributed by atoms with van der Waals surface area (Å²) in [4.78, 5) is 12.1. The molecular formula is C18H27NO2. The first-order valence-electron chi connectivity index (χ1n) is 7.88. The fourth-order valence-corrected chi connectivity index (χ4v) is 2.63. The molecule has 0 saturated heterocycles. The van der Waals surface area contributed by atoms with Gasteiger partial charge < -0.3 is 10.4 Å². The van der Waals surface area contributed by atoms with E-state index in [4.69, 9.17) is 0 Å². The van der Waals surface area contributed by atoms with Crippen LogP contribution in [0.3, 0.4) is 0 Å². The molecular weight excluding hydrogens is 262 g/mol. The van der Waals surface area contributed by atoms with Crippen molar-refractivity contribution in [2.45, 2.75) is 53.1 Å². The van der Waals surface area contributed by atoms with Gasteiger partial charge in [-0.15, -0.1) is 0 Å². The number of amides is 1. The van der Waals surface area contributed by atoms with Crippen molar-refractivity contribution in [3.05, 3.63) is 34.9 Å². The second-order valence-corrected chi connectivity index (χ2v) is 7.29. The Morgan fingerprint density at radius 2 is 2.05 bits per heavy atom. The molecule has 1 amide bonds. The lowest BCUT2D eigenvalue weighted by Crippen LogP contribution is -2.23. The van der Waals surface area contributed by atoms with Gasteiger partial charge in [-0.1, -0.05) is 39.8 Å². The Labute approximate surface area is 127 Å². The predicted molar refractivity (Wildman–Crippen MR) is 85.3 cm³/mol. The minimum Gasteiger partial charge on any atom is -0.388 e. The van der Waals surface area contributed by atoms with Gasteiger partial charge in [0.05, 0.1) is 6.10 Å². The molecule has 116 valence electrons. The van der Waals surface area contributed by atoms with Crippen LogP contribution in [-0.2, 0) is 6.42 Å². The molecule has 1 aromatic rings. The molecule has 2 rings (SSSR count). The summed E-state index contributed by atoms with van der Waals surface area (Å²) >= 11 is 0. The molecule has 1 aliphatic rings. The summed E-state index contributed by atoms with van der Waals surface area (Å²) in [6.07, 6.45) is 2.09. The minimum absolute atomic E-state index is 0.0135. The number of carbonyl (C=O) groups is 1. The molecule has 0 radical (unpaired) electrons. The van der Waals surface area contributed by atoms with Gasteiger partial charge in [-0.3, -0.25) is 4.79 Å². The number of rotatable bonds is 3. The zero-order valence-corrected chi connectivity index (χ0v) is 13.6. The number of aliphatic hydroxyl groups is 1. The van der Waals surface area contributed by atoms with Crippen molar-refractivity contribution in [2.75, 3.05) is 6.54 Å². The summed E-state index contributed by atoms with van der Waals surface area (Å²) in [6.45, 7) is 9.46. The van der Waals surface area contributed by atoms with Gasteiger partial charge in [0.2, 0.25) is 0 Å². The molecule has 1 aromatic carbocycles. The molecule has 0 saturated carbocycles. The van der Waals surface area contributed by atoms with E-state index in [0.717, 1.165) is 36.1 Å².